The average Bonchev–Trinajstić information content (AvgIpc) is 2.59. The molecule has 0 amide bonds. The molecule has 0 unspecified atom stereocenters. The molecule has 0 aliphatic heterocycles. The quantitative estimate of drug-likeness (QED) is 0.662. The zero-order chi connectivity index (χ0) is 6.81. The molecule has 2 aromatic rings. The molecule has 0 radical (unpaired) electrons. The fourth-order valence-electron chi connectivity index (χ4n) is 0.834. The second-order valence-corrected chi connectivity index (χ2v) is 2.76. The molecular formula is C7H6N2S. The van der Waals surface area contributed by atoms with Crippen molar-refractivity contribution in [1.29, 1.82) is 0 Å². The summed E-state index contributed by atoms with van der Waals surface area (Å²) in [5, 5.41) is 10.9. The van der Waals surface area contributed by atoms with E-state index in [2.05, 4.69) is 27.0 Å². The van der Waals surface area contributed by atoms with Crippen molar-refractivity contribution in [2.24, 2.45) is 0 Å². The van der Waals surface area contributed by atoms with Gasteiger partial charge in [0.1, 0.15) is 0 Å². The van der Waals surface area contributed by atoms with Crippen LogP contribution in [0, 0.1) is 0 Å². The van der Waals surface area contributed by atoms with Gasteiger partial charge < -0.3 is 0 Å². The molecule has 2 aromatic heterocycles. The maximum atomic E-state index is 3.86. The Labute approximate surface area is 62.5 Å². The highest BCUT2D eigenvalue weighted by Gasteiger charge is 1.95. The number of H-pyrrole nitrogens is 1. The Morgan fingerprint density at radius 3 is 3.00 bits per heavy atom. The van der Waals surface area contributed by atoms with E-state index in [1.165, 1.54) is 5.56 Å². The number of nitrogens with zero attached hydrogens (tertiary/aromatic N) is 1. The maximum Gasteiger partial charge on any atom is 0.0658 e. The van der Waals surface area contributed by atoms with E-state index in [4.69, 9.17) is 0 Å². The smallest absolute Gasteiger partial charge is 0.0658 e. The molecule has 0 bridgehead atoms. The first kappa shape index (κ1) is 5.68. The predicted molar refractivity (Wildman–Crippen MR) is 41.9 cm³/mol. The molecule has 2 heterocycles. The first-order valence-corrected chi connectivity index (χ1v) is 3.93. The zero-order valence-electron chi connectivity index (χ0n) is 5.24. The van der Waals surface area contributed by atoms with E-state index >= 15 is 0 Å². The highest BCUT2D eigenvalue weighted by atomic mass is 32.1. The molecule has 0 spiro atoms. The van der Waals surface area contributed by atoms with Crippen molar-refractivity contribution in [2.45, 2.75) is 0 Å². The number of aromatic amines is 1. The summed E-state index contributed by atoms with van der Waals surface area (Å²) in [6.07, 6.45) is 1.76. The lowest BCUT2D eigenvalue weighted by molar-refractivity contribution is 1.10. The molecule has 50 valence electrons. The molecule has 0 aromatic carbocycles. The Bertz CT molecular complexity index is 251. The third-order valence-electron chi connectivity index (χ3n) is 1.33. The first-order chi connectivity index (χ1) is 4.97. The molecule has 0 aliphatic rings. The van der Waals surface area contributed by atoms with Gasteiger partial charge in [-0.1, -0.05) is 0 Å². The van der Waals surface area contributed by atoms with Crippen LogP contribution in [0.4, 0.5) is 0 Å². The van der Waals surface area contributed by atoms with Gasteiger partial charge >= 0.3 is 0 Å². The van der Waals surface area contributed by atoms with Gasteiger partial charge in [0.25, 0.3) is 0 Å². The van der Waals surface area contributed by atoms with E-state index in [0.717, 1.165) is 5.69 Å². The van der Waals surface area contributed by atoms with Crippen molar-refractivity contribution in [1.82, 2.24) is 10.2 Å². The van der Waals surface area contributed by atoms with E-state index in [-0.39, 0.29) is 0 Å². The normalized spacial score (nSPS) is 10.0. The van der Waals surface area contributed by atoms with Crippen molar-refractivity contribution in [2.75, 3.05) is 0 Å². The van der Waals surface area contributed by atoms with E-state index in [1.54, 1.807) is 17.5 Å². The molecule has 3 heteroatoms. The van der Waals surface area contributed by atoms with Gasteiger partial charge in [-0.15, -0.1) is 0 Å². The summed E-state index contributed by atoms with van der Waals surface area (Å²) >= 11 is 1.69. The molecule has 0 saturated heterocycles. The van der Waals surface area contributed by atoms with Crippen LogP contribution >= 0.6 is 11.3 Å². The lowest BCUT2D eigenvalue weighted by Gasteiger charge is -1.85. The molecule has 0 fully saturated rings. The van der Waals surface area contributed by atoms with Crippen molar-refractivity contribution < 1.29 is 0 Å². The lowest BCUT2D eigenvalue weighted by atomic mass is 10.2. The molecule has 0 atom stereocenters. The SMILES string of the molecule is c1cc(-c2ccsc2)[nH]n1. The van der Waals surface area contributed by atoms with Crippen LogP contribution in [0.2, 0.25) is 0 Å². The van der Waals surface area contributed by atoms with Gasteiger partial charge in [-0.05, 0) is 17.5 Å². The number of aromatic nitrogens is 2. The summed E-state index contributed by atoms with van der Waals surface area (Å²) in [6, 6.07) is 4.03. The van der Waals surface area contributed by atoms with Gasteiger partial charge in [-0.3, -0.25) is 5.10 Å². The van der Waals surface area contributed by atoms with Gasteiger partial charge in [-0.2, -0.15) is 16.4 Å². The average molecular weight is 150 g/mol. The fraction of sp³-hybridized carbons (Fsp3) is 0. The fourth-order valence-corrected chi connectivity index (χ4v) is 1.49. The van der Waals surface area contributed by atoms with Crippen molar-refractivity contribution in [3.05, 3.63) is 29.1 Å². The number of thiophene rings is 1. The van der Waals surface area contributed by atoms with Crippen LogP contribution in [0.5, 0.6) is 0 Å². The van der Waals surface area contributed by atoms with Gasteiger partial charge in [0, 0.05) is 17.1 Å². The molecule has 10 heavy (non-hydrogen) atoms. The number of nitrogens with one attached hydrogen (secondary N) is 1. The largest absolute Gasteiger partial charge is 0.278 e. The molecule has 1 N–H and O–H groups in total. The minimum absolute atomic E-state index is 1.08. The van der Waals surface area contributed by atoms with Crippen LogP contribution in [0.25, 0.3) is 11.3 Å². The summed E-state index contributed by atoms with van der Waals surface area (Å²) in [7, 11) is 0. The maximum absolute atomic E-state index is 3.86. The molecule has 0 aliphatic carbocycles. The van der Waals surface area contributed by atoms with Crippen molar-refractivity contribution >= 4 is 11.3 Å². The highest BCUT2D eigenvalue weighted by molar-refractivity contribution is 7.08. The van der Waals surface area contributed by atoms with Gasteiger partial charge in [0.05, 0.1) is 5.69 Å². The second-order valence-electron chi connectivity index (χ2n) is 1.98. The Morgan fingerprint density at radius 2 is 2.40 bits per heavy atom. The van der Waals surface area contributed by atoms with Gasteiger partial charge in [-0.25, -0.2) is 0 Å². The van der Waals surface area contributed by atoms with Crippen LogP contribution in [0.1, 0.15) is 0 Å². The van der Waals surface area contributed by atoms with E-state index < -0.39 is 0 Å². The molecule has 0 saturated carbocycles. The Morgan fingerprint density at radius 1 is 1.40 bits per heavy atom. The van der Waals surface area contributed by atoms with E-state index in [1.807, 2.05) is 6.07 Å². The number of hydrogen-bond acceptors (Lipinski definition) is 2. The third kappa shape index (κ3) is 0.844. The zero-order valence-corrected chi connectivity index (χ0v) is 6.06. The van der Waals surface area contributed by atoms with E-state index in [0.29, 0.717) is 0 Å². The second kappa shape index (κ2) is 2.27. The van der Waals surface area contributed by atoms with Gasteiger partial charge in [0.15, 0.2) is 0 Å². The highest BCUT2D eigenvalue weighted by Crippen LogP contribution is 2.18. The first-order valence-electron chi connectivity index (χ1n) is 2.99. The summed E-state index contributed by atoms with van der Waals surface area (Å²) in [6.45, 7) is 0. The lowest BCUT2D eigenvalue weighted by Crippen LogP contribution is -1.70. The third-order valence-corrected chi connectivity index (χ3v) is 2.02. The number of hydrogen-bond donors (Lipinski definition) is 1. The molecule has 2 nitrogen and oxygen atoms in total. The Balaban J connectivity index is 2.48. The summed E-state index contributed by atoms with van der Waals surface area (Å²) in [4.78, 5) is 0. The van der Waals surface area contributed by atoms with Crippen LogP contribution in [0.15, 0.2) is 29.1 Å². The monoisotopic (exact) mass is 150 g/mol. The van der Waals surface area contributed by atoms with Crippen molar-refractivity contribution in [3.8, 4) is 11.3 Å². The van der Waals surface area contributed by atoms with Crippen LogP contribution in [0.3, 0.4) is 0 Å². The van der Waals surface area contributed by atoms with Crippen LogP contribution < -0.4 is 0 Å². The van der Waals surface area contributed by atoms with Crippen LogP contribution in [-0.2, 0) is 0 Å². The summed E-state index contributed by atoms with van der Waals surface area (Å²) in [5.41, 5.74) is 2.30. The summed E-state index contributed by atoms with van der Waals surface area (Å²) < 4.78 is 0. The summed E-state index contributed by atoms with van der Waals surface area (Å²) in [5.74, 6) is 0. The standard InChI is InChI=1S/C7H6N2S/c1-3-8-9-7(1)6-2-4-10-5-6/h1-5H,(H,8,9). The molecular weight excluding hydrogens is 144 g/mol. The van der Waals surface area contributed by atoms with E-state index in [9.17, 15) is 0 Å². The number of rotatable bonds is 1. The minimum Gasteiger partial charge on any atom is -0.278 e. The topological polar surface area (TPSA) is 28.7 Å². The van der Waals surface area contributed by atoms with Crippen LogP contribution in [-0.4, -0.2) is 10.2 Å². The Hall–Kier alpha value is -1.09. The predicted octanol–water partition coefficient (Wildman–Crippen LogP) is 2.14. The van der Waals surface area contributed by atoms with Gasteiger partial charge in [0.2, 0.25) is 0 Å². The van der Waals surface area contributed by atoms with Crippen molar-refractivity contribution in [3.63, 3.8) is 0 Å². The molecule has 2 rings (SSSR count). The minimum atomic E-state index is 1.08. The Kier molecular flexibility index (Phi) is 1.29.